The quantitative estimate of drug-likeness (QED) is 0.435. The molecule has 3 aromatic rings. The molecule has 41 heavy (non-hydrogen) atoms. The standard InChI is InChI=1S/C26H31N7O7S/c1-4-27-25(35)31-20-16-21(29-13-28-20)32(14-30-16)23-19-17(39-24(40-19)15-9-6-5-7-10-15)18(38-23)22(34)33-12-8-11-26(33,2)41(3,36)37/h5-7,9-10,13-14,17-19,23-24H,4,8,11-12H2,1-3H3,(H2,27,28,29,31,35). The lowest BCUT2D eigenvalue weighted by molar-refractivity contribution is -0.169. The first-order valence-electron chi connectivity index (χ1n) is 13.4. The second kappa shape index (κ2) is 10.3. The number of hydrogen-bond acceptors (Lipinski definition) is 10. The summed E-state index contributed by atoms with van der Waals surface area (Å²) < 4.78 is 46.1. The SMILES string of the molecule is CCNC(=O)Nc1ncnc2c1ncn2C1OC(C(=O)N2CCCC2(C)S(C)(=O)=O)C2OC(c3ccccc3)OC21. The number of aromatic nitrogens is 4. The molecule has 15 heteroatoms. The van der Waals surface area contributed by atoms with Gasteiger partial charge in [0.15, 0.2) is 45.4 Å². The van der Waals surface area contributed by atoms with Gasteiger partial charge in [-0.25, -0.2) is 28.2 Å². The van der Waals surface area contributed by atoms with Gasteiger partial charge < -0.3 is 24.4 Å². The predicted molar refractivity (Wildman–Crippen MR) is 145 cm³/mol. The highest BCUT2D eigenvalue weighted by Gasteiger charge is 2.59. The normalized spacial score (nSPS) is 29.5. The maximum atomic E-state index is 14.0. The molecule has 3 fully saturated rings. The summed E-state index contributed by atoms with van der Waals surface area (Å²) in [6.45, 7) is 4.07. The molecule has 5 heterocycles. The van der Waals surface area contributed by atoms with E-state index in [1.165, 1.54) is 17.6 Å². The molecule has 14 nitrogen and oxygen atoms in total. The summed E-state index contributed by atoms with van der Waals surface area (Å²) in [5.41, 5.74) is 1.43. The fourth-order valence-electron chi connectivity index (χ4n) is 5.70. The summed E-state index contributed by atoms with van der Waals surface area (Å²) >= 11 is 0. The van der Waals surface area contributed by atoms with Crippen molar-refractivity contribution >= 4 is 38.8 Å². The minimum Gasteiger partial charge on any atom is -0.339 e. The van der Waals surface area contributed by atoms with Crippen LogP contribution < -0.4 is 10.6 Å². The number of ether oxygens (including phenoxy) is 3. The first-order chi connectivity index (χ1) is 19.6. The highest BCUT2D eigenvalue weighted by atomic mass is 32.2. The van der Waals surface area contributed by atoms with Crippen LogP contribution in [0.15, 0.2) is 43.0 Å². The molecule has 0 radical (unpaired) electrons. The average Bonchev–Trinajstić information content (AvgIpc) is 3.71. The molecule has 3 aliphatic rings. The Morgan fingerprint density at radius 2 is 1.85 bits per heavy atom. The summed E-state index contributed by atoms with van der Waals surface area (Å²) in [7, 11) is -3.60. The maximum Gasteiger partial charge on any atom is 0.320 e. The van der Waals surface area contributed by atoms with Crippen LogP contribution in [0.4, 0.5) is 10.6 Å². The summed E-state index contributed by atoms with van der Waals surface area (Å²) in [4.78, 5) is 39.1. The van der Waals surface area contributed by atoms with Crippen molar-refractivity contribution in [1.82, 2.24) is 29.7 Å². The van der Waals surface area contributed by atoms with Crippen molar-refractivity contribution in [3.05, 3.63) is 48.5 Å². The Bertz CT molecular complexity index is 1580. The number of carbonyl (C=O) groups is 2. The summed E-state index contributed by atoms with van der Waals surface area (Å²) in [5.74, 6) is -0.281. The first kappa shape index (κ1) is 27.5. The van der Waals surface area contributed by atoms with Crippen LogP contribution in [0.25, 0.3) is 11.2 Å². The second-order valence-electron chi connectivity index (χ2n) is 10.5. The molecule has 3 aliphatic heterocycles. The van der Waals surface area contributed by atoms with E-state index < -0.39 is 57.5 Å². The Morgan fingerprint density at radius 3 is 2.59 bits per heavy atom. The smallest absolute Gasteiger partial charge is 0.320 e. The first-order valence-corrected chi connectivity index (χ1v) is 15.3. The fourth-order valence-corrected chi connectivity index (χ4v) is 6.80. The number of likely N-dealkylation sites (tertiary alicyclic amines) is 1. The zero-order valence-corrected chi connectivity index (χ0v) is 23.6. The Morgan fingerprint density at radius 1 is 1.10 bits per heavy atom. The van der Waals surface area contributed by atoms with Gasteiger partial charge in [0.1, 0.15) is 23.4 Å². The fraction of sp³-hybridized carbons (Fsp3) is 0.500. The molecule has 0 saturated carbocycles. The number of benzene rings is 1. The van der Waals surface area contributed by atoms with Crippen LogP contribution in [-0.4, -0.2) is 87.3 Å². The van der Waals surface area contributed by atoms with Crippen LogP contribution in [-0.2, 0) is 28.8 Å². The third kappa shape index (κ3) is 4.62. The van der Waals surface area contributed by atoms with Gasteiger partial charge in [-0.2, -0.15) is 0 Å². The molecule has 218 valence electrons. The highest BCUT2D eigenvalue weighted by molar-refractivity contribution is 7.92. The summed E-state index contributed by atoms with van der Waals surface area (Å²) in [5, 5.41) is 5.30. The number of fused-ring (bicyclic) bond motifs is 2. The molecule has 2 aromatic heterocycles. The van der Waals surface area contributed by atoms with Crippen LogP contribution in [0.1, 0.15) is 44.8 Å². The summed E-state index contributed by atoms with van der Waals surface area (Å²) in [6, 6.07) is 8.87. The Balaban J connectivity index is 1.36. The van der Waals surface area contributed by atoms with Gasteiger partial charge in [0.2, 0.25) is 0 Å². The van der Waals surface area contributed by atoms with Gasteiger partial charge in [-0.05, 0) is 26.7 Å². The molecule has 0 aliphatic carbocycles. The van der Waals surface area contributed by atoms with E-state index in [2.05, 4.69) is 25.6 Å². The number of anilines is 1. The van der Waals surface area contributed by atoms with Crippen LogP contribution in [0.3, 0.4) is 0 Å². The topological polar surface area (TPSA) is 167 Å². The molecule has 0 bridgehead atoms. The van der Waals surface area contributed by atoms with Crippen molar-refractivity contribution in [2.24, 2.45) is 0 Å². The van der Waals surface area contributed by atoms with E-state index in [4.69, 9.17) is 14.2 Å². The molecule has 2 N–H and O–H groups in total. The van der Waals surface area contributed by atoms with E-state index in [1.807, 2.05) is 30.3 Å². The van der Waals surface area contributed by atoms with E-state index >= 15 is 0 Å². The Kier molecular flexibility index (Phi) is 6.92. The molecular weight excluding hydrogens is 554 g/mol. The molecule has 6 unspecified atom stereocenters. The van der Waals surface area contributed by atoms with Crippen molar-refractivity contribution < 1.29 is 32.2 Å². The van der Waals surface area contributed by atoms with Crippen molar-refractivity contribution in [2.45, 2.75) is 62.4 Å². The van der Waals surface area contributed by atoms with Gasteiger partial charge in [0, 0.05) is 24.9 Å². The lowest BCUT2D eigenvalue weighted by Crippen LogP contribution is -2.55. The number of urea groups is 1. The van der Waals surface area contributed by atoms with Crippen LogP contribution in [0.5, 0.6) is 0 Å². The van der Waals surface area contributed by atoms with Gasteiger partial charge in [-0.15, -0.1) is 0 Å². The molecule has 0 spiro atoms. The van der Waals surface area contributed by atoms with Gasteiger partial charge in [0.25, 0.3) is 5.91 Å². The third-order valence-electron chi connectivity index (χ3n) is 7.93. The largest absolute Gasteiger partial charge is 0.339 e. The number of rotatable bonds is 6. The molecule has 3 saturated heterocycles. The maximum absolute atomic E-state index is 14.0. The zero-order valence-electron chi connectivity index (χ0n) is 22.8. The predicted octanol–water partition coefficient (Wildman–Crippen LogP) is 1.73. The lowest BCUT2D eigenvalue weighted by atomic mass is 10.1. The molecule has 1 aromatic carbocycles. The van der Waals surface area contributed by atoms with E-state index in [1.54, 1.807) is 18.4 Å². The highest BCUT2D eigenvalue weighted by Crippen LogP contribution is 2.46. The van der Waals surface area contributed by atoms with Crippen molar-refractivity contribution in [3.63, 3.8) is 0 Å². The number of sulfone groups is 1. The summed E-state index contributed by atoms with van der Waals surface area (Å²) in [6.07, 6.45) is 0.380. The van der Waals surface area contributed by atoms with Crippen LogP contribution in [0, 0.1) is 0 Å². The minimum absolute atomic E-state index is 0.202. The van der Waals surface area contributed by atoms with Gasteiger partial charge in [0.05, 0.1) is 6.33 Å². The van der Waals surface area contributed by atoms with Crippen molar-refractivity contribution in [1.29, 1.82) is 0 Å². The van der Waals surface area contributed by atoms with Crippen LogP contribution >= 0.6 is 0 Å². The number of amides is 3. The Labute approximate surface area is 236 Å². The average molecular weight is 586 g/mol. The van der Waals surface area contributed by atoms with Crippen molar-refractivity contribution in [2.75, 3.05) is 24.7 Å². The number of hydrogen-bond donors (Lipinski definition) is 2. The van der Waals surface area contributed by atoms with E-state index in [0.29, 0.717) is 30.6 Å². The number of nitrogens with one attached hydrogen (secondary N) is 2. The van der Waals surface area contributed by atoms with Gasteiger partial charge >= 0.3 is 6.03 Å². The van der Waals surface area contributed by atoms with Crippen LogP contribution in [0.2, 0.25) is 0 Å². The van der Waals surface area contributed by atoms with E-state index in [9.17, 15) is 18.0 Å². The third-order valence-corrected chi connectivity index (χ3v) is 9.95. The zero-order chi connectivity index (χ0) is 28.9. The van der Waals surface area contributed by atoms with Gasteiger partial charge in [-0.3, -0.25) is 14.7 Å². The number of carbonyl (C=O) groups excluding carboxylic acids is 2. The molecule has 3 amide bonds. The Hall–Kier alpha value is -3.66. The molecule has 6 atom stereocenters. The number of imidazole rings is 1. The minimum atomic E-state index is -3.60. The van der Waals surface area contributed by atoms with E-state index in [-0.39, 0.29) is 12.4 Å². The lowest BCUT2D eigenvalue weighted by Gasteiger charge is -2.35. The second-order valence-corrected chi connectivity index (χ2v) is 12.9. The molecular formula is C26H31N7O7S. The molecule has 6 rings (SSSR count). The van der Waals surface area contributed by atoms with Gasteiger partial charge in [-0.1, -0.05) is 30.3 Å². The number of nitrogens with zero attached hydrogens (tertiary/aromatic N) is 5. The van der Waals surface area contributed by atoms with E-state index in [0.717, 1.165) is 11.8 Å². The monoisotopic (exact) mass is 585 g/mol. The van der Waals surface area contributed by atoms with Crippen molar-refractivity contribution in [3.8, 4) is 0 Å².